The Labute approximate surface area is 119 Å². The fraction of sp³-hybridized carbons (Fsp3) is 0.533. The van der Waals surface area contributed by atoms with E-state index in [1.54, 1.807) is 0 Å². The van der Waals surface area contributed by atoms with Gasteiger partial charge >= 0.3 is 0 Å². The van der Waals surface area contributed by atoms with Crippen LogP contribution in [0.3, 0.4) is 0 Å². The van der Waals surface area contributed by atoms with Crippen LogP contribution in [-0.4, -0.2) is 35.5 Å². The molecule has 1 aliphatic rings. The van der Waals surface area contributed by atoms with Crippen LogP contribution in [0.15, 0.2) is 30.3 Å². The second-order valence-corrected chi connectivity index (χ2v) is 5.90. The summed E-state index contributed by atoms with van der Waals surface area (Å²) >= 11 is 1.86. The fourth-order valence-corrected chi connectivity index (χ4v) is 2.97. The van der Waals surface area contributed by atoms with Gasteiger partial charge in [0.05, 0.1) is 6.17 Å². The molecule has 0 bridgehead atoms. The fourth-order valence-electron chi connectivity index (χ4n) is 2.48. The van der Waals surface area contributed by atoms with Gasteiger partial charge in [-0.05, 0) is 37.3 Å². The van der Waals surface area contributed by atoms with E-state index in [4.69, 9.17) is 0 Å². The van der Waals surface area contributed by atoms with Crippen LogP contribution in [0, 0.1) is 0 Å². The topological polar surface area (TPSA) is 32.3 Å². The zero-order chi connectivity index (χ0) is 13.7. The number of benzene rings is 1. The lowest BCUT2D eigenvalue weighted by molar-refractivity contribution is -0.130. The van der Waals surface area contributed by atoms with Gasteiger partial charge in [0.25, 0.3) is 0 Å². The van der Waals surface area contributed by atoms with Crippen molar-refractivity contribution >= 4 is 17.7 Å². The molecule has 1 aliphatic heterocycles. The van der Waals surface area contributed by atoms with Crippen LogP contribution in [-0.2, 0) is 4.79 Å². The van der Waals surface area contributed by atoms with E-state index in [1.165, 1.54) is 12.2 Å². The van der Waals surface area contributed by atoms with Crippen molar-refractivity contribution in [2.75, 3.05) is 18.6 Å². The Morgan fingerprint density at radius 3 is 2.68 bits per heavy atom. The summed E-state index contributed by atoms with van der Waals surface area (Å²) in [4.78, 5) is 14.4. The van der Waals surface area contributed by atoms with E-state index in [0.717, 1.165) is 18.5 Å². The lowest BCUT2D eigenvalue weighted by Crippen LogP contribution is -2.35. The summed E-state index contributed by atoms with van der Waals surface area (Å²) in [6.45, 7) is 2.92. The summed E-state index contributed by atoms with van der Waals surface area (Å²) in [6, 6.07) is 9.80. The van der Waals surface area contributed by atoms with E-state index in [9.17, 15) is 4.79 Å². The van der Waals surface area contributed by atoms with Crippen molar-refractivity contribution in [3.63, 3.8) is 0 Å². The number of carbonyl (C=O) groups excluding carboxylic acids is 1. The molecule has 2 unspecified atom stereocenters. The standard InChI is InChI=1S/C15H22N2OS/c1-12-16-14(13-8-4-3-5-9-13)15(18)17(12)10-6-7-11-19-2/h3-5,8-9,12,14,16H,6-7,10-11H2,1-2H3. The number of amides is 1. The van der Waals surface area contributed by atoms with Crippen LogP contribution in [0.2, 0.25) is 0 Å². The van der Waals surface area contributed by atoms with Crippen LogP contribution < -0.4 is 5.32 Å². The van der Waals surface area contributed by atoms with Crippen LogP contribution >= 0.6 is 11.8 Å². The number of hydrogen-bond acceptors (Lipinski definition) is 3. The molecule has 1 amide bonds. The Hall–Kier alpha value is -1.00. The van der Waals surface area contributed by atoms with Crippen molar-refractivity contribution in [2.45, 2.75) is 32.0 Å². The van der Waals surface area contributed by atoms with Crippen molar-refractivity contribution in [2.24, 2.45) is 0 Å². The van der Waals surface area contributed by atoms with Crippen molar-refractivity contribution in [1.82, 2.24) is 10.2 Å². The Kier molecular flexibility index (Phi) is 5.28. The molecule has 1 saturated heterocycles. The summed E-state index contributed by atoms with van der Waals surface area (Å²) < 4.78 is 0. The molecule has 0 saturated carbocycles. The zero-order valence-electron chi connectivity index (χ0n) is 11.6. The number of unbranched alkanes of at least 4 members (excludes halogenated alkanes) is 1. The molecule has 2 rings (SSSR count). The Morgan fingerprint density at radius 1 is 1.26 bits per heavy atom. The van der Waals surface area contributed by atoms with Crippen LogP contribution in [0.25, 0.3) is 0 Å². The number of thioether (sulfide) groups is 1. The number of carbonyl (C=O) groups is 1. The van der Waals surface area contributed by atoms with E-state index in [0.29, 0.717) is 0 Å². The number of nitrogens with one attached hydrogen (secondary N) is 1. The van der Waals surface area contributed by atoms with Gasteiger partial charge in [0.15, 0.2) is 0 Å². The highest BCUT2D eigenvalue weighted by molar-refractivity contribution is 7.98. The molecule has 1 aromatic carbocycles. The molecule has 1 aromatic rings. The smallest absolute Gasteiger partial charge is 0.245 e. The summed E-state index contributed by atoms with van der Waals surface area (Å²) in [7, 11) is 0. The highest BCUT2D eigenvalue weighted by atomic mass is 32.2. The minimum Gasteiger partial charge on any atom is -0.326 e. The summed E-state index contributed by atoms with van der Waals surface area (Å²) in [5.74, 6) is 1.38. The molecule has 1 N–H and O–H groups in total. The summed E-state index contributed by atoms with van der Waals surface area (Å²) in [6.07, 6.45) is 4.51. The van der Waals surface area contributed by atoms with Crippen molar-refractivity contribution in [3.05, 3.63) is 35.9 Å². The van der Waals surface area contributed by atoms with Crippen LogP contribution in [0.5, 0.6) is 0 Å². The molecule has 3 nitrogen and oxygen atoms in total. The third kappa shape index (κ3) is 3.51. The van der Waals surface area contributed by atoms with E-state index in [-0.39, 0.29) is 18.1 Å². The Bertz CT molecular complexity index is 410. The van der Waals surface area contributed by atoms with Gasteiger partial charge in [-0.2, -0.15) is 11.8 Å². The molecule has 19 heavy (non-hydrogen) atoms. The van der Waals surface area contributed by atoms with Crippen molar-refractivity contribution in [3.8, 4) is 0 Å². The number of nitrogens with zero attached hydrogens (tertiary/aromatic N) is 1. The number of rotatable bonds is 6. The quantitative estimate of drug-likeness (QED) is 0.812. The minimum atomic E-state index is -0.170. The third-order valence-electron chi connectivity index (χ3n) is 3.54. The van der Waals surface area contributed by atoms with Gasteiger partial charge in [0, 0.05) is 6.54 Å². The van der Waals surface area contributed by atoms with Gasteiger partial charge in [-0.25, -0.2) is 0 Å². The van der Waals surface area contributed by atoms with Crippen molar-refractivity contribution in [1.29, 1.82) is 0 Å². The zero-order valence-corrected chi connectivity index (χ0v) is 12.5. The molecule has 0 aromatic heterocycles. The van der Waals surface area contributed by atoms with Gasteiger partial charge in [-0.1, -0.05) is 30.3 Å². The normalized spacial score (nSPS) is 23.1. The predicted octanol–water partition coefficient (Wildman–Crippen LogP) is 2.65. The lowest BCUT2D eigenvalue weighted by Gasteiger charge is -2.20. The molecule has 2 atom stereocenters. The molecule has 4 heteroatoms. The Morgan fingerprint density at radius 2 is 2.00 bits per heavy atom. The summed E-state index contributed by atoms with van der Waals surface area (Å²) in [5.41, 5.74) is 1.06. The van der Waals surface area contributed by atoms with E-state index < -0.39 is 0 Å². The first-order valence-electron chi connectivity index (χ1n) is 6.84. The first-order chi connectivity index (χ1) is 9.24. The first kappa shape index (κ1) is 14.4. The van der Waals surface area contributed by atoms with Crippen LogP contribution in [0.1, 0.15) is 31.4 Å². The van der Waals surface area contributed by atoms with Crippen molar-refractivity contribution < 1.29 is 4.79 Å². The molecular formula is C15H22N2OS. The molecule has 1 fully saturated rings. The average Bonchev–Trinajstić information content (AvgIpc) is 2.72. The molecule has 0 radical (unpaired) electrons. The molecule has 1 heterocycles. The third-order valence-corrected chi connectivity index (χ3v) is 4.23. The first-order valence-corrected chi connectivity index (χ1v) is 8.24. The molecular weight excluding hydrogens is 256 g/mol. The summed E-state index contributed by atoms with van der Waals surface area (Å²) in [5, 5.41) is 3.38. The SMILES string of the molecule is CSCCCCN1C(=O)C(c2ccccc2)NC1C. The predicted molar refractivity (Wildman–Crippen MR) is 81.1 cm³/mol. The monoisotopic (exact) mass is 278 g/mol. The lowest BCUT2D eigenvalue weighted by atomic mass is 10.1. The number of hydrogen-bond donors (Lipinski definition) is 1. The van der Waals surface area contributed by atoms with E-state index >= 15 is 0 Å². The van der Waals surface area contributed by atoms with E-state index in [1.807, 2.05) is 47.0 Å². The highest BCUT2D eigenvalue weighted by Crippen LogP contribution is 2.24. The second-order valence-electron chi connectivity index (χ2n) is 4.92. The molecule has 104 valence electrons. The van der Waals surface area contributed by atoms with Gasteiger partial charge in [0.2, 0.25) is 5.91 Å². The largest absolute Gasteiger partial charge is 0.326 e. The van der Waals surface area contributed by atoms with Gasteiger partial charge in [-0.3, -0.25) is 10.1 Å². The molecule has 0 spiro atoms. The second kappa shape index (κ2) is 6.96. The van der Waals surface area contributed by atoms with Gasteiger partial charge < -0.3 is 4.90 Å². The maximum atomic E-state index is 12.4. The van der Waals surface area contributed by atoms with Gasteiger partial charge in [-0.15, -0.1) is 0 Å². The van der Waals surface area contributed by atoms with Crippen LogP contribution in [0.4, 0.5) is 0 Å². The van der Waals surface area contributed by atoms with Gasteiger partial charge in [0.1, 0.15) is 6.04 Å². The van der Waals surface area contributed by atoms with E-state index in [2.05, 4.69) is 18.5 Å². The minimum absolute atomic E-state index is 0.131. The average molecular weight is 278 g/mol. The maximum absolute atomic E-state index is 12.4. The highest BCUT2D eigenvalue weighted by Gasteiger charge is 2.36. The molecule has 0 aliphatic carbocycles. The Balaban J connectivity index is 1.95. The maximum Gasteiger partial charge on any atom is 0.245 e.